The third-order valence-corrected chi connectivity index (χ3v) is 5.10. The molecule has 4 nitrogen and oxygen atoms in total. The van der Waals surface area contributed by atoms with Gasteiger partial charge in [-0.15, -0.1) is 0 Å². The summed E-state index contributed by atoms with van der Waals surface area (Å²) in [6.45, 7) is 16.3. The molecule has 0 atom stereocenters. The molecule has 3 aromatic rings. The highest BCUT2D eigenvalue weighted by Crippen LogP contribution is 2.32. The smallest absolute Gasteiger partial charge is 0.226 e. The van der Waals surface area contributed by atoms with Gasteiger partial charge in [-0.05, 0) is 41.8 Å². The summed E-state index contributed by atoms with van der Waals surface area (Å²) in [4.78, 5) is 6.25. The van der Waals surface area contributed by atoms with Crippen molar-refractivity contribution < 1.29 is 22.0 Å². The van der Waals surface area contributed by atoms with E-state index in [1.54, 1.807) is 25.1 Å². The number of aryl methyl sites for hydroxylation is 1. The van der Waals surface area contributed by atoms with Gasteiger partial charge in [-0.25, -0.2) is 29.0 Å². The van der Waals surface area contributed by atoms with Crippen molar-refractivity contribution in [1.82, 2.24) is 0 Å². The molecule has 0 fully saturated rings. The average Bonchev–Trinajstić information content (AvgIpc) is 2.80. The van der Waals surface area contributed by atoms with Crippen LogP contribution in [0.3, 0.4) is 0 Å². The van der Waals surface area contributed by atoms with Crippen LogP contribution in [-0.4, -0.2) is 0 Å². The fourth-order valence-corrected chi connectivity index (χ4v) is 3.48. The number of hydrogen-bond donors (Lipinski definition) is 0. The number of hydrogen-bond acceptors (Lipinski definition) is 2. The van der Waals surface area contributed by atoms with Gasteiger partial charge in [0.05, 0.1) is 30.8 Å². The summed E-state index contributed by atoms with van der Waals surface area (Å²) in [7, 11) is 0. The van der Waals surface area contributed by atoms with E-state index in [2.05, 4.69) is 9.69 Å². The van der Waals surface area contributed by atoms with Crippen LogP contribution < -0.4 is 10.4 Å². The van der Waals surface area contributed by atoms with Gasteiger partial charge in [0.25, 0.3) is 11.4 Å². The minimum atomic E-state index is -4.81. The van der Waals surface area contributed by atoms with E-state index in [1.807, 2.05) is 0 Å². The van der Waals surface area contributed by atoms with Gasteiger partial charge in [-0.1, -0.05) is 30.3 Å². The lowest BCUT2D eigenvalue weighted by molar-refractivity contribution is -0.137. The number of benzene rings is 3. The van der Waals surface area contributed by atoms with E-state index in [0.29, 0.717) is 11.6 Å². The van der Waals surface area contributed by atoms with E-state index in [1.165, 1.54) is 12.1 Å². The van der Waals surface area contributed by atoms with E-state index < -0.39 is 40.3 Å². The van der Waals surface area contributed by atoms with Crippen LogP contribution in [0.25, 0.3) is 43.3 Å². The summed E-state index contributed by atoms with van der Waals surface area (Å²) in [5, 5.41) is 18.6. The maximum Gasteiger partial charge on any atom is 0.416 e. The summed E-state index contributed by atoms with van der Waals surface area (Å²) in [6, 6.07) is 11.5. The molecule has 0 unspecified atom stereocenters. The highest BCUT2D eigenvalue weighted by atomic mass is 19.4. The van der Waals surface area contributed by atoms with Crippen LogP contribution >= 0.6 is 0 Å². The van der Waals surface area contributed by atoms with E-state index in [-0.39, 0.29) is 33.2 Å². The van der Waals surface area contributed by atoms with Crippen LogP contribution in [0.4, 0.5) is 22.0 Å². The van der Waals surface area contributed by atoms with E-state index in [9.17, 15) is 32.5 Å². The Morgan fingerprint density at radius 3 is 1.57 bits per heavy atom. The third kappa shape index (κ3) is 4.71. The zero-order chi connectivity index (χ0) is 25.9. The second-order valence-electron chi connectivity index (χ2n) is 7.26. The molecule has 0 aliphatic heterocycles. The van der Waals surface area contributed by atoms with Gasteiger partial charge >= 0.3 is 6.18 Å². The monoisotopic (exact) mass is 474 g/mol. The van der Waals surface area contributed by atoms with E-state index in [4.69, 9.17) is 13.1 Å². The van der Waals surface area contributed by atoms with Gasteiger partial charge in [0, 0.05) is 21.6 Å². The van der Waals surface area contributed by atoms with Crippen LogP contribution in [0.1, 0.15) is 11.1 Å². The Labute approximate surface area is 196 Å². The standard InChI is InChI=1S/C26H11F5N4/c1-14-4-6-16(22(27)8-14)18-10-21(25(13-33)35-3)19(11-20(18)24(12-32)34-2)17-7-5-15(9-23(17)28)26(29,30)31/h4-11H,1H3/b24-20-,25-21+. The maximum absolute atomic E-state index is 14.9. The van der Waals surface area contributed by atoms with Crippen molar-refractivity contribution in [3.05, 3.63) is 105 Å². The van der Waals surface area contributed by atoms with Gasteiger partial charge in [-0.3, -0.25) is 0 Å². The Morgan fingerprint density at radius 2 is 1.20 bits per heavy atom. The molecule has 0 N–H and O–H groups in total. The van der Waals surface area contributed by atoms with Crippen LogP contribution in [0.15, 0.2) is 48.5 Å². The first-order valence-electron chi connectivity index (χ1n) is 9.67. The van der Waals surface area contributed by atoms with Crippen molar-refractivity contribution in [2.45, 2.75) is 13.1 Å². The largest absolute Gasteiger partial charge is 0.416 e. The molecule has 0 radical (unpaired) electrons. The predicted octanol–water partition coefficient (Wildman–Crippen LogP) is 5.73. The second kappa shape index (κ2) is 9.48. The van der Waals surface area contributed by atoms with Gasteiger partial charge in [0.2, 0.25) is 0 Å². The van der Waals surface area contributed by atoms with Crippen molar-refractivity contribution in [2.75, 3.05) is 0 Å². The quantitative estimate of drug-likeness (QED) is 0.352. The summed E-state index contributed by atoms with van der Waals surface area (Å²) < 4.78 is 68.8. The van der Waals surface area contributed by atoms with Crippen molar-refractivity contribution in [3.63, 3.8) is 0 Å². The number of nitriles is 2. The summed E-state index contributed by atoms with van der Waals surface area (Å²) in [6.07, 6.45) is -4.81. The third-order valence-electron chi connectivity index (χ3n) is 5.10. The molecule has 170 valence electrons. The summed E-state index contributed by atoms with van der Waals surface area (Å²) in [5.41, 5.74) is -2.38. The molecule has 3 rings (SSSR count). The van der Waals surface area contributed by atoms with Gasteiger partial charge in [0.15, 0.2) is 0 Å². The molecule has 0 saturated carbocycles. The molecule has 0 saturated heterocycles. The molecule has 0 aliphatic rings. The van der Waals surface area contributed by atoms with Crippen LogP contribution in [0.5, 0.6) is 0 Å². The number of nitrogens with zero attached hydrogens (tertiary/aromatic N) is 4. The highest BCUT2D eigenvalue weighted by molar-refractivity contribution is 5.82. The summed E-state index contributed by atoms with van der Waals surface area (Å²) in [5.74, 6) is -2.01. The Bertz CT molecular complexity index is 1620. The van der Waals surface area contributed by atoms with Crippen molar-refractivity contribution >= 4 is 11.4 Å². The number of rotatable bonds is 2. The molecule has 0 bridgehead atoms. The van der Waals surface area contributed by atoms with Crippen molar-refractivity contribution in [1.29, 1.82) is 10.5 Å². The molecule has 3 aromatic carbocycles. The van der Waals surface area contributed by atoms with Gasteiger partial charge < -0.3 is 0 Å². The fraction of sp³-hybridized carbons (Fsp3) is 0.0769. The topological polar surface area (TPSA) is 56.3 Å². The SMILES string of the molecule is [C-]#[N+]/C(C#N)=c1/cc(-c2ccc(C(F)(F)F)cc2F)/c(=C(\C#N)[N+]#[C-])cc1-c1ccc(C)cc1F. The average molecular weight is 474 g/mol. The van der Waals surface area contributed by atoms with Crippen molar-refractivity contribution in [2.24, 2.45) is 0 Å². The first kappa shape index (κ1) is 24.6. The van der Waals surface area contributed by atoms with Crippen LogP contribution in [0, 0.1) is 54.4 Å². The lowest BCUT2D eigenvalue weighted by atomic mass is 9.93. The first-order chi connectivity index (χ1) is 16.5. The Hall–Kier alpha value is -4.99. The maximum atomic E-state index is 14.9. The minimum absolute atomic E-state index is 0.0162. The molecule has 0 aromatic heterocycles. The fourth-order valence-electron chi connectivity index (χ4n) is 3.48. The lowest BCUT2D eigenvalue weighted by Gasteiger charge is -2.13. The molecule has 0 amide bonds. The molecular weight excluding hydrogens is 463 g/mol. The van der Waals surface area contributed by atoms with Crippen LogP contribution in [0.2, 0.25) is 0 Å². The molecule has 0 spiro atoms. The Morgan fingerprint density at radius 1 is 0.743 bits per heavy atom. The number of halogens is 5. The molecular formula is C26H11F5N4. The zero-order valence-corrected chi connectivity index (χ0v) is 17.8. The van der Waals surface area contributed by atoms with Crippen molar-refractivity contribution in [3.8, 4) is 34.4 Å². The molecule has 0 heterocycles. The molecule has 9 heteroatoms. The van der Waals surface area contributed by atoms with Crippen LogP contribution in [-0.2, 0) is 6.18 Å². The Kier molecular flexibility index (Phi) is 6.67. The van der Waals surface area contributed by atoms with Gasteiger partial charge in [-0.2, -0.15) is 13.2 Å². The lowest BCUT2D eigenvalue weighted by Crippen LogP contribution is -2.19. The Balaban J connectivity index is 2.59. The summed E-state index contributed by atoms with van der Waals surface area (Å²) >= 11 is 0. The number of alkyl halides is 3. The van der Waals surface area contributed by atoms with E-state index >= 15 is 0 Å². The normalized spacial score (nSPS) is 12.5. The first-order valence-corrected chi connectivity index (χ1v) is 9.67. The molecule has 35 heavy (non-hydrogen) atoms. The highest BCUT2D eigenvalue weighted by Gasteiger charge is 2.31. The van der Waals surface area contributed by atoms with E-state index in [0.717, 1.165) is 18.2 Å². The second-order valence-corrected chi connectivity index (χ2v) is 7.26. The van der Waals surface area contributed by atoms with Gasteiger partial charge in [0.1, 0.15) is 11.6 Å². The minimum Gasteiger partial charge on any atom is -0.226 e. The predicted molar refractivity (Wildman–Crippen MR) is 117 cm³/mol. The zero-order valence-electron chi connectivity index (χ0n) is 17.8. The molecule has 0 aliphatic carbocycles.